The van der Waals surface area contributed by atoms with Crippen LogP contribution in [0, 0.1) is 0 Å². The van der Waals surface area contributed by atoms with Crippen LogP contribution in [0.25, 0.3) is 27.9 Å². The predicted molar refractivity (Wildman–Crippen MR) is 106 cm³/mol. The molecule has 2 aromatic carbocycles. The maximum Gasteiger partial charge on any atom is 0.197 e. The van der Waals surface area contributed by atoms with E-state index < -0.39 is 0 Å². The lowest BCUT2D eigenvalue weighted by Crippen LogP contribution is -2.23. The molecule has 0 fully saturated rings. The number of halogens is 1. The first-order chi connectivity index (χ1) is 12.9. The lowest BCUT2D eigenvalue weighted by atomic mass is 9.96. The third-order valence-electron chi connectivity index (χ3n) is 4.80. The highest BCUT2D eigenvalue weighted by molar-refractivity contribution is 6.30. The van der Waals surface area contributed by atoms with Gasteiger partial charge < -0.3 is 19.5 Å². The van der Waals surface area contributed by atoms with Crippen LogP contribution < -0.4 is 5.43 Å². The molecule has 0 radical (unpaired) electrons. The summed E-state index contributed by atoms with van der Waals surface area (Å²) in [7, 11) is 2.01. The fourth-order valence-corrected chi connectivity index (χ4v) is 3.58. The number of hydrogen-bond donors (Lipinski definition) is 2. The SMILES string of the molecule is CN1CC=C(c2c(O)cc(O)c3c(=O)cc(-c4cccc(Cl)c4)oc23)CC1. The zero-order valence-corrected chi connectivity index (χ0v) is 15.5. The number of fused-ring (bicyclic) bond motifs is 1. The van der Waals surface area contributed by atoms with Crippen molar-refractivity contribution in [2.75, 3.05) is 20.1 Å². The molecule has 4 rings (SSSR count). The van der Waals surface area contributed by atoms with Gasteiger partial charge in [0.25, 0.3) is 0 Å². The zero-order chi connectivity index (χ0) is 19.1. The second-order valence-corrected chi connectivity index (χ2v) is 7.16. The Kier molecular flexibility index (Phi) is 4.42. The van der Waals surface area contributed by atoms with E-state index in [0.29, 0.717) is 28.3 Å². The zero-order valence-electron chi connectivity index (χ0n) is 14.7. The number of aromatic hydroxyl groups is 2. The van der Waals surface area contributed by atoms with Crippen LogP contribution in [0.2, 0.25) is 5.02 Å². The summed E-state index contributed by atoms with van der Waals surface area (Å²) in [5, 5.41) is 21.3. The van der Waals surface area contributed by atoms with Crippen LogP contribution in [0.5, 0.6) is 11.5 Å². The summed E-state index contributed by atoms with van der Waals surface area (Å²) in [5.74, 6) is -0.0804. The Balaban J connectivity index is 2.02. The molecule has 3 aromatic rings. The molecule has 2 heterocycles. The molecule has 0 bridgehead atoms. The first kappa shape index (κ1) is 17.6. The highest BCUT2D eigenvalue weighted by Gasteiger charge is 2.22. The molecule has 5 nitrogen and oxygen atoms in total. The van der Waals surface area contributed by atoms with Gasteiger partial charge in [0, 0.05) is 35.8 Å². The highest BCUT2D eigenvalue weighted by Crippen LogP contribution is 2.40. The van der Waals surface area contributed by atoms with E-state index in [1.165, 1.54) is 12.1 Å². The van der Waals surface area contributed by atoms with E-state index in [1.54, 1.807) is 24.3 Å². The smallest absolute Gasteiger partial charge is 0.197 e. The second-order valence-electron chi connectivity index (χ2n) is 6.72. The molecule has 1 aliphatic rings. The number of likely N-dealkylation sites (N-methyl/N-ethyl adjacent to an activating group) is 1. The fourth-order valence-electron chi connectivity index (χ4n) is 3.39. The molecule has 2 N–H and O–H groups in total. The minimum absolute atomic E-state index is 0.0633. The van der Waals surface area contributed by atoms with Crippen molar-refractivity contribution in [3.63, 3.8) is 0 Å². The van der Waals surface area contributed by atoms with E-state index in [0.717, 1.165) is 18.7 Å². The average molecular weight is 384 g/mol. The monoisotopic (exact) mass is 383 g/mol. The van der Waals surface area contributed by atoms with Crippen molar-refractivity contribution in [3.8, 4) is 22.8 Å². The van der Waals surface area contributed by atoms with Gasteiger partial charge in [0.2, 0.25) is 0 Å². The summed E-state index contributed by atoms with van der Waals surface area (Å²) in [4.78, 5) is 14.9. The maximum atomic E-state index is 12.7. The molecule has 0 saturated heterocycles. The summed E-state index contributed by atoms with van der Waals surface area (Å²) >= 11 is 6.06. The third-order valence-corrected chi connectivity index (χ3v) is 5.04. The molecular weight excluding hydrogens is 366 g/mol. The molecular formula is C21H18ClNO4. The Morgan fingerprint density at radius 3 is 2.67 bits per heavy atom. The lowest BCUT2D eigenvalue weighted by molar-refractivity contribution is 0.369. The van der Waals surface area contributed by atoms with E-state index in [1.807, 2.05) is 13.1 Å². The van der Waals surface area contributed by atoms with Crippen molar-refractivity contribution in [2.45, 2.75) is 6.42 Å². The van der Waals surface area contributed by atoms with E-state index >= 15 is 0 Å². The summed E-state index contributed by atoms with van der Waals surface area (Å²) < 4.78 is 6.02. The van der Waals surface area contributed by atoms with Crippen molar-refractivity contribution in [3.05, 3.63) is 63.3 Å². The average Bonchev–Trinajstić information content (AvgIpc) is 2.62. The standard InChI is InChI=1S/C21H18ClNO4/c1-23-7-5-12(6-8-23)19-15(24)10-16(25)20-17(26)11-18(27-21(19)20)13-3-2-4-14(22)9-13/h2-5,9-11,24-25H,6-8H2,1H3. The number of hydrogen-bond acceptors (Lipinski definition) is 5. The largest absolute Gasteiger partial charge is 0.507 e. The minimum Gasteiger partial charge on any atom is -0.507 e. The van der Waals surface area contributed by atoms with Crippen molar-refractivity contribution >= 4 is 28.1 Å². The second kappa shape index (κ2) is 6.76. The summed E-state index contributed by atoms with van der Waals surface area (Å²) in [5.41, 5.74) is 1.80. The first-order valence-electron chi connectivity index (χ1n) is 8.60. The molecule has 27 heavy (non-hydrogen) atoms. The number of phenolic OH excluding ortho intramolecular Hbond substituents is 2. The summed E-state index contributed by atoms with van der Waals surface area (Å²) in [6.45, 7) is 1.56. The molecule has 0 unspecified atom stereocenters. The van der Waals surface area contributed by atoms with Gasteiger partial charge in [0.1, 0.15) is 22.6 Å². The van der Waals surface area contributed by atoms with Crippen molar-refractivity contribution < 1.29 is 14.6 Å². The number of benzene rings is 2. The Morgan fingerprint density at radius 2 is 1.96 bits per heavy atom. The molecule has 0 atom stereocenters. The van der Waals surface area contributed by atoms with Gasteiger partial charge >= 0.3 is 0 Å². The van der Waals surface area contributed by atoms with Crippen LogP contribution in [-0.4, -0.2) is 35.3 Å². The Bertz CT molecular complexity index is 1130. The van der Waals surface area contributed by atoms with Gasteiger partial charge in [-0.2, -0.15) is 0 Å². The normalized spacial score (nSPS) is 15.1. The topological polar surface area (TPSA) is 73.9 Å². The number of rotatable bonds is 2. The molecule has 0 amide bonds. The molecule has 6 heteroatoms. The fraction of sp³-hybridized carbons (Fsp3) is 0.190. The van der Waals surface area contributed by atoms with Crippen LogP contribution in [0.1, 0.15) is 12.0 Å². The van der Waals surface area contributed by atoms with Crippen molar-refractivity contribution in [2.24, 2.45) is 0 Å². The van der Waals surface area contributed by atoms with Crippen LogP contribution in [0.15, 0.2) is 51.7 Å². The van der Waals surface area contributed by atoms with Crippen LogP contribution >= 0.6 is 11.6 Å². The van der Waals surface area contributed by atoms with Gasteiger partial charge in [-0.1, -0.05) is 29.8 Å². The molecule has 0 spiro atoms. The van der Waals surface area contributed by atoms with E-state index in [2.05, 4.69) is 4.90 Å². The first-order valence-corrected chi connectivity index (χ1v) is 8.98. The summed E-state index contributed by atoms with van der Waals surface area (Å²) in [6, 6.07) is 9.51. The van der Waals surface area contributed by atoms with Crippen molar-refractivity contribution in [1.82, 2.24) is 4.90 Å². The van der Waals surface area contributed by atoms with E-state index in [9.17, 15) is 15.0 Å². The van der Waals surface area contributed by atoms with Gasteiger partial charge in [-0.15, -0.1) is 0 Å². The van der Waals surface area contributed by atoms with Gasteiger partial charge in [-0.25, -0.2) is 0 Å². The van der Waals surface area contributed by atoms with Gasteiger partial charge in [0.15, 0.2) is 11.0 Å². The van der Waals surface area contributed by atoms with Gasteiger partial charge in [0.05, 0.1) is 5.56 Å². The highest BCUT2D eigenvalue weighted by atomic mass is 35.5. The van der Waals surface area contributed by atoms with Crippen LogP contribution in [0.4, 0.5) is 0 Å². The third kappa shape index (κ3) is 3.20. The van der Waals surface area contributed by atoms with Gasteiger partial charge in [-0.3, -0.25) is 4.79 Å². The quantitative estimate of drug-likeness (QED) is 0.692. The molecule has 1 aromatic heterocycles. The van der Waals surface area contributed by atoms with Gasteiger partial charge in [-0.05, 0) is 31.2 Å². The van der Waals surface area contributed by atoms with Crippen molar-refractivity contribution in [1.29, 1.82) is 0 Å². The molecule has 1 aliphatic heterocycles. The maximum absolute atomic E-state index is 12.7. The summed E-state index contributed by atoms with van der Waals surface area (Å²) in [6.07, 6.45) is 2.70. The molecule has 0 saturated carbocycles. The Labute approximate surface area is 160 Å². The Hall–Kier alpha value is -2.76. The minimum atomic E-state index is -0.376. The van der Waals surface area contributed by atoms with Crippen LogP contribution in [-0.2, 0) is 0 Å². The number of nitrogens with zero attached hydrogens (tertiary/aromatic N) is 1. The molecule has 138 valence electrons. The Morgan fingerprint density at radius 1 is 1.15 bits per heavy atom. The van der Waals surface area contributed by atoms with E-state index in [-0.39, 0.29) is 27.9 Å². The van der Waals surface area contributed by atoms with E-state index in [4.69, 9.17) is 16.0 Å². The predicted octanol–water partition coefficient (Wildman–Crippen LogP) is 4.24. The lowest BCUT2D eigenvalue weighted by Gasteiger charge is -2.23. The van der Waals surface area contributed by atoms with Crippen LogP contribution in [0.3, 0.4) is 0 Å². The molecule has 0 aliphatic carbocycles. The number of phenols is 2.